The monoisotopic (exact) mass is 1190 g/mol. The summed E-state index contributed by atoms with van der Waals surface area (Å²) in [5.41, 5.74) is 28.2. The molecule has 0 fully saturated rings. The van der Waals surface area contributed by atoms with Crippen LogP contribution in [0.2, 0.25) is 0 Å². The average molecular weight is 1190 g/mol. The normalized spacial score (nSPS) is 13.3. The summed E-state index contributed by atoms with van der Waals surface area (Å²) in [4.78, 5) is 63.1. The van der Waals surface area contributed by atoms with Gasteiger partial charge in [0.2, 0.25) is 17.7 Å². The van der Waals surface area contributed by atoms with Crippen LogP contribution >= 0.6 is 0 Å². The number of rotatable bonds is 36. The van der Waals surface area contributed by atoms with E-state index in [0.29, 0.717) is 76.0 Å². The molecule has 0 spiro atoms. The van der Waals surface area contributed by atoms with E-state index in [1.807, 2.05) is 6.07 Å². The number of methoxy groups -OCH3 is 2. The zero-order valence-electron chi connectivity index (χ0n) is 49.2. The number of nitrogens with two attached hydrogens (primary N) is 1. The molecular formula is C59H91N15O11. The molecule has 0 radical (unpaired) electrons. The molecule has 0 saturated carbocycles. The molecule has 4 aromatic heterocycles. The summed E-state index contributed by atoms with van der Waals surface area (Å²) in [7, 11) is 2.98. The lowest BCUT2D eigenvalue weighted by Gasteiger charge is -2.34. The third kappa shape index (κ3) is 27.5. The van der Waals surface area contributed by atoms with Gasteiger partial charge in [-0.15, -0.1) is 0 Å². The van der Waals surface area contributed by atoms with Gasteiger partial charge in [-0.2, -0.15) is 0 Å². The number of unbranched alkanes of at least 4 members (excludes halogenated alkanes) is 1. The molecule has 1 amide bonds. The highest BCUT2D eigenvalue weighted by Gasteiger charge is 2.31. The van der Waals surface area contributed by atoms with Gasteiger partial charge in [-0.3, -0.25) is 14.4 Å². The molecule has 6 rings (SSSR count). The van der Waals surface area contributed by atoms with E-state index in [-0.39, 0.29) is 77.1 Å². The van der Waals surface area contributed by atoms with Crippen molar-refractivity contribution in [3.63, 3.8) is 0 Å². The molecule has 6 heterocycles. The fraction of sp³-hybridized carbons (Fsp3) is 0.610. The van der Waals surface area contributed by atoms with Crippen LogP contribution in [0.15, 0.2) is 71.2 Å². The smallest absolute Gasteiger partial charge is 0.308 e. The Balaban J connectivity index is 0.000000380. The van der Waals surface area contributed by atoms with Gasteiger partial charge < -0.3 is 65.2 Å². The highest BCUT2D eigenvalue weighted by atomic mass is 16.5. The van der Waals surface area contributed by atoms with E-state index in [1.165, 1.54) is 31.8 Å². The zero-order chi connectivity index (χ0) is 60.6. The van der Waals surface area contributed by atoms with Crippen LogP contribution in [0, 0.1) is 0 Å². The summed E-state index contributed by atoms with van der Waals surface area (Å²) in [6.45, 7) is 8.18. The van der Waals surface area contributed by atoms with E-state index in [4.69, 9.17) is 50.2 Å². The predicted octanol–water partition coefficient (Wildman–Crippen LogP) is 7.88. The van der Waals surface area contributed by atoms with E-state index < -0.39 is 18.1 Å². The average Bonchev–Trinajstić information content (AvgIpc) is 3.71. The molecule has 7 N–H and O–H groups in total. The molecule has 26 nitrogen and oxygen atoms in total. The summed E-state index contributed by atoms with van der Waals surface area (Å²) in [6, 6.07) is 14.4. The van der Waals surface area contributed by atoms with Gasteiger partial charge >= 0.3 is 11.9 Å². The number of esters is 2. The number of fused-ring (bicyclic) bond motifs is 2. The van der Waals surface area contributed by atoms with Crippen molar-refractivity contribution in [1.29, 1.82) is 0 Å². The molecule has 85 heavy (non-hydrogen) atoms. The van der Waals surface area contributed by atoms with Crippen LogP contribution in [0.1, 0.15) is 131 Å². The summed E-state index contributed by atoms with van der Waals surface area (Å²) >= 11 is 0. The van der Waals surface area contributed by atoms with Crippen molar-refractivity contribution in [1.82, 2.24) is 30.2 Å². The lowest BCUT2D eigenvalue weighted by atomic mass is 10.0. The molecule has 468 valence electrons. The summed E-state index contributed by atoms with van der Waals surface area (Å²) in [5, 5.41) is 35.9. The van der Waals surface area contributed by atoms with Gasteiger partial charge in [-0.25, -0.2) is 19.9 Å². The standard InChI is InChI=1S/C30H43N7O6.C17H27N5O5.C11H17N3.CH4/c1-3-42-29(40)18-26(23-12-14-27(33-19-23)43-17-7-16-34-36-31)37(20-25(21-38)41-2)28(39)10-5-4-9-24-13-11-22-8-6-15-32-30(22)35-24;1-3-26-17(24)9-15(19-11-14(12-23)25-2)13-5-6-16(20-10-13)27-8-4-7-21-22-18;12-7-1-4-10-6-5-9-3-2-8-13-11(9)14-10;/h11-14,19,25-26,38H,3-10,15-18,20-21H2,1-2H3,(H,32,35);5-6,10,14-15,19,23H,3-4,7-9,11-12H2,1-2H3;5-6H,1-4,7-8,12H2,(H,13,14);1H4/t25?,26-;14?,15-;;/m00../s1. The van der Waals surface area contributed by atoms with Gasteiger partial charge in [-0.05, 0) is 136 Å². The van der Waals surface area contributed by atoms with Crippen LogP contribution in [-0.2, 0) is 59.0 Å². The zero-order valence-corrected chi connectivity index (χ0v) is 49.2. The van der Waals surface area contributed by atoms with Crippen molar-refractivity contribution in [2.75, 3.05) is 110 Å². The number of anilines is 2. The molecule has 2 aliphatic heterocycles. The number of aryl methyl sites for hydroxylation is 4. The number of carbonyl (C=O) groups excluding carboxylic acids is 3. The quantitative estimate of drug-likeness (QED) is 0.00828. The minimum atomic E-state index is -0.685. The number of carbonyl (C=O) groups is 3. The Labute approximate surface area is 499 Å². The number of aromatic nitrogens is 4. The van der Waals surface area contributed by atoms with Crippen molar-refractivity contribution in [3.8, 4) is 11.8 Å². The van der Waals surface area contributed by atoms with Gasteiger partial charge in [0, 0.05) is 112 Å². The topological polar surface area (TPSA) is 361 Å². The van der Waals surface area contributed by atoms with Gasteiger partial charge in [-0.1, -0.05) is 41.9 Å². The van der Waals surface area contributed by atoms with Crippen LogP contribution in [0.3, 0.4) is 0 Å². The number of amides is 1. The SMILES string of the molecule is C.CCOC(=O)C[C@@H](c1ccc(OCCCN=[N+]=[N-])nc1)N(CC(CO)OC)C(=O)CCCCc1ccc2c(n1)NCCC2.CCOC(=O)C[C@H](NCC(CO)OC)c1ccc(OCCCN=[N+]=[N-])nc1.NCCCc1ccc2c(n1)NCCC2. The first-order valence-electron chi connectivity index (χ1n) is 29.0. The molecule has 0 bridgehead atoms. The highest BCUT2D eigenvalue weighted by molar-refractivity contribution is 5.78. The van der Waals surface area contributed by atoms with Crippen molar-refractivity contribution in [2.45, 2.75) is 135 Å². The Morgan fingerprint density at radius 2 is 1.25 bits per heavy atom. The number of azide groups is 2. The first-order chi connectivity index (χ1) is 41.0. The lowest BCUT2D eigenvalue weighted by molar-refractivity contribution is -0.147. The summed E-state index contributed by atoms with van der Waals surface area (Å²) in [6.07, 6.45) is 12.3. The summed E-state index contributed by atoms with van der Waals surface area (Å²) in [5.74, 6) is 1.92. The van der Waals surface area contributed by atoms with Gasteiger partial charge in [0.25, 0.3) is 0 Å². The molecule has 2 aliphatic rings. The fourth-order valence-corrected chi connectivity index (χ4v) is 8.90. The second kappa shape index (κ2) is 43.3. The van der Waals surface area contributed by atoms with Gasteiger partial charge in [0.15, 0.2) is 0 Å². The van der Waals surface area contributed by atoms with E-state index in [9.17, 15) is 24.6 Å². The third-order valence-electron chi connectivity index (χ3n) is 13.5. The Bertz CT molecular complexity index is 2620. The molecule has 26 heteroatoms. The molecule has 2 unspecified atom stereocenters. The Hall–Kier alpha value is -7.41. The molecule has 4 aromatic rings. The molecule has 0 aromatic carbocycles. The highest BCUT2D eigenvalue weighted by Crippen LogP contribution is 2.29. The Morgan fingerprint density at radius 3 is 1.73 bits per heavy atom. The van der Waals surface area contributed by atoms with E-state index in [2.05, 4.69) is 75.2 Å². The maximum Gasteiger partial charge on any atom is 0.308 e. The number of nitrogens with one attached hydrogen (secondary N) is 3. The maximum atomic E-state index is 13.7. The Morgan fingerprint density at radius 1 is 0.718 bits per heavy atom. The van der Waals surface area contributed by atoms with Crippen molar-refractivity contribution < 1.29 is 53.0 Å². The van der Waals surface area contributed by atoms with Crippen LogP contribution in [0.25, 0.3) is 20.9 Å². The van der Waals surface area contributed by atoms with Crippen molar-refractivity contribution >= 4 is 29.5 Å². The molecular weight excluding hydrogens is 1090 g/mol. The molecule has 4 atom stereocenters. The number of hydrogen-bond donors (Lipinski definition) is 6. The molecule has 0 saturated heterocycles. The third-order valence-corrected chi connectivity index (χ3v) is 13.5. The van der Waals surface area contributed by atoms with Crippen LogP contribution in [-0.4, -0.2) is 165 Å². The molecule has 0 aliphatic carbocycles. The van der Waals surface area contributed by atoms with E-state index >= 15 is 0 Å². The van der Waals surface area contributed by atoms with E-state index in [1.54, 1.807) is 49.3 Å². The van der Waals surface area contributed by atoms with Crippen LogP contribution in [0.5, 0.6) is 11.8 Å². The first-order valence-corrected chi connectivity index (χ1v) is 29.0. The Kier molecular flexibility index (Phi) is 36.6. The van der Waals surface area contributed by atoms with Crippen LogP contribution < -0.4 is 31.2 Å². The van der Waals surface area contributed by atoms with Crippen molar-refractivity contribution in [3.05, 3.63) is 115 Å². The summed E-state index contributed by atoms with van der Waals surface area (Å²) < 4.78 is 31.9. The lowest BCUT2D eigenvalue weighted by Crippen LogP contribution is -2.43. The number of pyridine rings is 4. The van der Waals surface area contributed by atoms with E-state index in [0.717, 1.165) is 93.2 Å². The number of aliphatic hydroxyl groups excluding tert-OH is 2. The van der Waals surface area contributed by atoms with Crippen molar-refractivity contribution in [2.24, 2.45) is 16.0 Å². The maximum absolute atomic E-state index is 13.7. The second-order valence-corrected chi connectivity index (χ2v) is 19.6. The number of hydrogen-bond acceptors (Lipinski definition) is 21. The predicted molar refractivity (Wildman–Crippen MR) is 324 cm³/mol. The largest absolute Gasteiger partial charge is 0.478 e. The van der Waals surface area contributed by atoms with Crippen LogP contribution in [0.4, 0.5) is 11.6 Å². The fourth-order valence-electron chi connectivity index (χ4n) is 8.90. The van der Waals surface area contributed by atoms with Gasteiger partial charge in [0.05, 0.1) is 70.7 Å². The van der Waals surface area contributed by atoms with Gasteiger partial charge in [0.1, 0.15) is 11.6 Å². The second-order valence-electron chi connectivity index (χ2n) is 19.6. The number of nitrogens with zero attached hydrogens (tertiary/aromatic N) is 11. The first kappa shape index (κ1) is 71.9. The number of ether oxygens (including phenoxy) is 6. The minimum absolute atomic E-state index is 0. The minimum Gasteiger partial charge on any atom is -0.478 e. The number of aliphatic hydroxyl groups is 2.